The maximum atomic E-state index is 12.0. The highest BCUT2D eigenvalue weighted by atomic mass is 16.5. The van der Waals surface area contributed by atoms with Crippen LogP contribution in [-0.4, -0.2) is 31.3 Å². The Kier molecular flexibility index (Phi) is 4.87. The molecule has 1 aromatic heterocycles. The highest BCUT2D eigenvalue weighted by Gasteiger charge is 2.09. The van der Waals surface area contributed by atoms with E-state index in [0.29, 0.717) is 22.8 Å². The van der Waals surface area contributed by atoms with Crippen LogP contribution in [0.4, 0.5) is 0 Å². The molecule has 0 aliphatic rings. The molecule has 6 heteroatoms. The Morgan fingerprint density at radius 2 is 2.00 bits per heavy atom. The number of amides is 1. The minimum Gasteiger partial charge on any atom is -0.493 e. The first-order chi connectivity index (χ1) is 10.2. The molecule has 0 radical (unpaired) electrons. The fourth-order valence-electron chi connectivity index (χ4n) is 1.65. The average Bonchev–Trinajstić information content (AvgIpc) is 2.55. The van der Waals surface area contributed by atoms with Crippen LogP contribution in [0.3, 0.4) is 0 Å². The number of carbonyl (C=O) groups is 1. The summed E-state index contributed by atoms with van der Waals surface area (Å²) >= 11 is 0. The molecule has 21 heavy (non-hydrogen) atoms. The van der Waals surface area contributed by atoms with Gasteiger partial charge in [-0.3, -0.25) is 9.78 Å². The molecule has 0 aliphatic carbocycles. The number of methoxy groups -OCH3 is 2. The molecule has 0 saturated heterocycles. The van der Waals surface area contributed by atoms with Gasteiger partial charge < -0.3 is 9.47 Å². The Bertz CT molecular complexity index is 642. The SMILES string of the molecule is COc1ccc(C(=O)N/N=C\c2ccccn2)cc1OC. The summed E-state index contributed by atoms with van der Waals surface area (Å²) in [5.74, 6) is 0.702. The van der Waals surface area contributed by atoms with Crippen LogP contribution in [0, 0.1) is 0 Å². The summed E-state index contributed by atoms with van der Waals surface area (Å²) in [5, 5.41) is 3.86. The Labute approximate surface area is 122 Å². The molecule has 0 spiro atoms. The summed E-state index contributed by atoms with van der Waals surface area (Å²) in [7, 11) is 3.05. The zero-order valence-corrected chi connectivity index (χ0v) is 11.7. The van der Waals surface area contributed by atoms with Gasteiger partial charge in [-0.05, 0) is 30.3 Å². The molecule has 0 atom stereocenters. The van der Waals surface area contributed by atoms with Crippen molar-refractivity contribution in [1.82, 2.24) is 10.4 Å². The van der Waals surface area contributed by atoms with Crippen LogP contribution in [0.25, 0.3) is 0 Å². The number of nitrogens with one attached hydrogen (secondary N) is 1. The number of hydrazone groups is 1. The second-order valence-electron chi connectivity index (χ2n) is 4.02. The van der Waals surface area contributed by atoms with E-state index < -0.39 is 0 Å². The first kappa shape index (κ1) is 14.5. The van der Waals surface area contributed by atoms with Gasteiger partial charge in [0.15, 0.2) is 11.5 Å². The number of carbonyl (C=O) groups excluding carboxylic acids is 1. The number of rotatable bonds is 5. The maximum Gasteiger partial charge on any atom is 0.271 e. The number of hydrogen-bond donors (Lipinski definition) is 1. The van der Waals surface area contributed by atoms with E-state index in [2.05, 4.69) is 15.5 Å². The van der Waals surface area contributed by atoms with Crippen LogP contribution < -0.4 is 14.9 Å². The highest BCUT2D eigenvalue weighted by molar-refractivity contribution is 5.95. The molecule has 0 fully saturated rings. The van der Waals surface area contributed by atoms with Gasteiger partial charge in [0.05, 0.1) is 26.1 Å². The first-order valence-electron chi connectivity index (χ1n) is 6.21. The van der Waals surface area contributed by atoms with Gasteiger partial charge in [0.1, 0.15) is 0 Å². The minimum atomic E-state index is -0.344. The smallest absolute Gasteiger partial charge is 0.271 e. The van der Waals surface area contributed by atoms with Gasteiger partial charge in [0, 0.05) is 11.8 Å². The summed E-state index contributed by atoms with van der Waals surface area (Å²) < 4.78 is 10.3. The van der Waals surface area contributed by atoms with Crippen molar-refractivity contribution >= 4 is 12.1 Å². The van der Waals surface area contributed by atoms with Gasteiger partial charge in [-0.25, -0.2) is 5.43 Å². The zero-order valence-electron chi connectivity index (χ0n) is 11.7. The Hall–Kier alpha value is -2.89. The predicted molar refractivity (Wildman–Crippen MR) is 78.8 cm³/mol. The molecular formula is C15H15N3O3. The van der Waals surface area contributed by atoms with Crippen LogP contribution in [0.5, 0.6) is 11.5 Å². The van der Waals surface area contributed by atoms with Gasteiger partial charge in [-0.15, -0.1) is 0 Å². The molecule has 2 rings (SSSR count). The van der Waals surface area contributed by atoms with Gasteiger partial charge in [0.25, 0.3) is 5.91 Å². The van der Waals surface area contributed by atoms with Gasteiger partial charge in [-0.1, -0.05) is 6.07 Å². The Morgan fingerprint density at radius 1 is 1.19 bits per heavy atom. The van der Waals surface area contributed by atoms with Crippen LogP contribution in [0.2, 0.25) is 0 Å². The fraction of sp³-hybridized carbons (Fsp3) is 0.133. The molecule has 1 aromatic carbocycles. The van der Waals surface area contributed by atoms with Crippen molar-refractivity contribution in [1.29, 1.82) is 0 Å². The third kappa shape index (κ3) is 3.79. The summed E-state index contributed by atoms with van der Waals surface area (Å²) in [4.78, 5) is 16.0. The molecule has 6 nitrogen and oxygen atoms in total. The average molecular weight is 285 g/mol. The normalized spacial score (nSPS) is 10.4. The van der Waals surface area contributed by atoms with E-state index >= 15 is 0 Å². The van der Waals surface area contributed by atoms with Crippen molar-refractivity contribution in [2.45, 2.75) is 0 Å². The molecule has 2 aromatic rings. The summed E-state index contributed by atoms with van der Waals surface area (Å²) in [6.45, 7) is 0. The standard InChI is InChI=1S/C15H15N3O3/c1-20-13-7-6-11(9-14(13)21-2)15(19)18-17-10-12-5-3-4-8-16-12/h3-10H,1-2H3,(H,18,19)/b17-10-. The third-order valence-corrected chi connectivity index (χ3v) is 2.70. The van der Waals surface area contributed by atoms with Crippen molar-refractivity contribution in [3.05, 3.63) is 53.9 Å². The highest BCUT2D eigenvalue weighted by Crippen LogP contribution is 2.27. The zero-order chi connectivity index (χ0) is 15.1. The van der Waals surface area contributed by atoms with Gasteiger partial charge >= 0.3 is 0 Å². The number of ether oxygens (including phenoxy) is 2. The Balaban J connectivity index is 2.05. The monoisotopic (exact) mass is 285 g/mol. The lowest BCUT2D eigenvalue weighted by Crippen LogP contribution is -2.17. The number of benzene rings is 1. The van der Waals surface area contributed by atoms with Gasteiger partial charge in [-0.2, -0.15) is 5.10 Å². The molecule has 0 saturated carbocycles. The molecule has 0 aliphatic heterocycles. The lowest BCUT2D eigenvalue weighted by molar-refractivity contribution is 0.0954. The summed E-state index contributed by atoms with van der Waals surface area (Å²) in [6, 6.07) is 10.3. The van der Waals surface area contributed by atoms with E-state index in [-0.39, 0.29) is 5.91 Å². The molecule has 0 unspecified atom stereocenters. The summed E-state index contributed by atoms with van der Waals surface area (Å²) in [6.07, 6.45) is 3.12. The molecule has 108 valence electrons. The summed E-state index contributed by atoms with van der Waals surface area (Å²) in [5.41, 5.74) is 3.51. The van der Waals surface area contributed by atoms with E-state index in [1.165, 1.54) is 20.4 Å². The van der Waals surface area contributed by atoms with Crippen molar-refractivity contribution in [3.8, 4) is 11.5 Å². The van der Waals surface area contributed by atoms with Crippen molar-refractivity contribution in [3.63, 3.8) is 0 Å². The van der Waals surface area contributed by atoms with E-state index in [0.717, 1.165) is 0 Å². The van der Waals surface area contributed by atoms with Crippen molar-refractivity contribution in [2.24, 2.45) is 5.10 Å². The largest absolute Gasteiger partial charge is 0.493 e. The Morgan fingerprint density at radius 3 is 2.67 bits per heavy atom. The molecule has 1 amide bonds. The van der Waals surface area contributed by atoms with Crippen LogP contribution in [-0.2, 0) is 0 Å². The molecule has 1 N–H and O–H groups in total. The first-order valence-corrected chi connectivity index (χ1v) is 6.21. The topological polar surface area (TPSA) is 72.8 Å². The van der Waals surface area contributed by atoms with E-state index in [9.17, 15) is 4.79 Å². The number of hydrogen-bond acceptors (Lipinski definition) is 5. The predicted octanol–water partition coefficient (Wildman–Crippen LogP) is 1.86. The lowest BCUT2D eigenvalue weighted by Gasteiger charge is -2.08. The van der Waals surface area contributed by atoms with E-state index in [1.807, 2.05) is 6.07 Å². The number of pyridine rings is 1. The van der Waals surface area contributed by atoms with Crippen LogP contribution in [0.1, 0.15) is 16.1 Å². The van der Waals surface area contributed by atoms with Crippen LogP contribution >= 0.6 is 0 Å². The second-order valence-corrected chi connectivity index (χ2v) is 4.02. The van der Waals surface area contributed by atoms with E-state index in [1.54, 1.807) is 36.5 Å². The van der Waals surface area contributed by atoms with Crippen LogP contribution in [0.15, 0.2) is 47.7 Å². The maximum absolute atomic E-state index is 12.0. The number of nitrogens with zero attached hydrogens (tertiary/aromatic N) is 2. The molecule has 1 heterocycles. The fourth-order valence-corrected chi connectivity index (χ4v) is 1.65. The minimum absolute atomic E-state index is 0.344. The van der Waals surface area contributed by atoms with E-state index in [4.69, 9.17) is 9.47 Å². The van der Waals surface area contributed by atoms with Crippen molar-refractivity contribution in [2.75, 3.05) is 14.2 Å². The molecule has 0 bridgehead atoms. The lowest BCUT2D eigenvalue weighted by atomic mass is 10.2. The number of aromatic nitrogens is 1. The quantitative estimate of drug-likeness (QED) is 0.672. The van der Waals surface area contributed by atoms with Gasteiger partial charge in [0.2, 0.25) is 0 Å². The van der Waals surface area contributed by atoms with Crippen molar-refractivity contribution < 1.29 is 14.3 Å². The second kappa shape index (κ2) is 7.04. The molecular weight excluding hydrogens is 270 g/mol. The third-order valence-electron chi connectivity index (χ3n) is 2.70.